The van der Waals surface area contributed by atoms with Crippen LogP contribution in [0.15, 0.2) is 41.1 Å². The number of hydrogen-bond acceptors (Lipinski definition) is 4. The molecule has 1 aromatic carbocycles. The van der Waals surface area contributed by atoms with Crippen LogP contribution in [0.1, 0.15) is 13.3 Å². The Bertz CT molecular complexity index is 739. The molecule has 2 heterocycles. The van der Waals surface area contributed by atoms with Gasteiger partial charge in [-0.1, -0.05) is 25.1 Å². The van der Waals surface area contributed by atoms with E-state index in [1.165, 1.54) is 0 Å². The highest BCUT2D eigenvalue weighted by atomic mass is 127. The smallest absolute Gasteiger partial charge is 0.165 e. The van der Waals surface area contributed by atoms with Crippen LogP contribution in [0.4, 0.5) is 5.82 Å². The van der Waals surface area contributed by atoms with Gasteiger partial charge in [-0.2, -0.15) is 0 Å². The molecule has 4 nitrogen and oxygen atoms in total. The highest BCUT2D eigenvalue weighted by Gasteiger charge is 2.12. The van der Waals surface area contributed by atoms with Gasteiger partial charge in [-0.25, -0.2) is 9.97 Å². The summed E-state index contributed by atoms with van der Waals surface area (Å²) >= 11 is 2.24. The molecule has 0 radical (unpaired) electrons. The largest absolute Gasteiger partial charge is 0.464 e. The Kier molecular flexibility index (Phi) is 3.86. The third-order valence-electron chi connectivity index (χ3n) is 3.01. The summed E-state index contributed by atoms with van der Waals surface area (Å²) in [5, 5.41) is 4.36. The van der Waals surface area contributed by atoms with E-state index in [2.05, 4.69) is 44.8 Å². The number of fused-ring (bicyclic) bond motifs is 1. The third kappa shape index (κ3) is 2.49. The zero-order valence-electron chi connectivity index (χ0n) is 11.1. The van der Waals surface area contributed by atoms with Crippen molar-refractivity contribution in [3.8, 4) is 11.4 Å². The van der Waals surface area contributed by atoms with E-state index in [0.717, 1.165) is 38.9 Å². The van der Waals surface area contributed by atoms with Gasteiger partial charge in [0.15, 0.2) is 5.82 Å². The molecule has 3 rings (SSSR count). The van der Waals surface area contributed by atoms with Crippen molar-refractivity contribution in [1.29, 1.82) is 0 Å². The van der Waals surface area contributed by atoms with Crippen LogP contribution in [0.25, 0.3) is 22.4 Å². The molecule has 0 aliphatic carbocycles. The third-order valence-corrected chi connectivity index (χ3v) is 3.80. The van der Waals surface area contributed by atoms with Gasteiger partial charge >= 0.3 is 0 Å². The summed E-state index contributed by atoms with van der Waals surface area (Å²) in [6.07, 6.45) is 4.61. The minimum Gasteiger partial charge on any atom is -0.464 e. The van der Waals surface area contributed by atoms with Gasteiger partial charge in [-0.15, -0.1) is 0 Å². The van der Waals surface area contributed by atoms with Crippen LogP contribution in [0.3, 0.4) is 0 Å². The molecular formula is C15H14IN3O. The average molecular weight is 379 g/mol. The van der Waals surface area contributed by atoms with Crippen LogP contribution in [-0.4, -0.2) is 16.5 Å². The first-order valence-corrected chi connectivity index (χ1v) is 7.60. The van der Waals surface area contributed by atoms with E-state index in [1.54, 1.807) is 6.26 Å². The zero-order valence-corrected chi connectivity index (χ0v) is 13.2. The molecule has 0 aliphatic rings. The molecule has 0 spiro atoms. The van der Waals surface area contributed by atoms with Crippen molar-refractivity contribution in [2.45, 2.75) is 13.3 Å². The lowest BCUT2D eigenvalue weighted by Gasteiger charge is -2.07. The molecule has 20 heavy (non-hydrogen) atoms. The minimum absolute atomic E-state index is 0.689. The van der Waals surface area contributed by atoms with E-state index in [1.807, 2.05) is 30.5 Å². The number of aromatic nitrogens is 2. The van der Waals surface area contributed by atoms with Crippen LogP contribution in [-0.2, 0) is 0 Å². The van der Waals surface area contributed by atoms with E-state index >= 15 is 0 Å². The number of rotatable bonds is 4. The van der Waals surface area contributed by atoms with Crippen LogP contribution >= 0.6 is 22.6 Å². The second-order valence-electron chi connectivity index (χ2n) is 4.46. The number of benzene rings is 1. The van der Waals surface area contributed by atoms with Crippen LogP contribution in [0.2, 0.25) is 0 Å². The predicted molar refractivity (Wildman–Crippen MR) is 88.7 cm³/mol. The first kappa shape index (κ1) is 13.4. The summed E-state index contributed by atoms with van der Waals surface area (Å²) in [4.78, 5) is 9.03. The summed E-state index contributed by atoms with van der Waals surface area (Å²) in [6, 6.07) is 7.92. The molecule has 0 saturated heterocycles. The number of halogens is 1. The first-order valence-electron chi connectivity index (χ1n) is 6.52. The van der Waals surface area contributed by atoms with Crippen LogP contribution < -0.4 is 5.32 Å². The number of hydrogen-bond donors (Lipinski definition) is 1. The van der Waals surface area contributed by atoms with Crippen LogP contribution in [0.5, 0.6) is 0 Å². The molecule has 102 valence electrons. The molecule has 0 unspecified atom stereocenters. The monoisotopic (exact) mass is 379 g/mol. The molecule has 0 amide bonds. The maximum Gasteiger partial charge on any atom is 0.165 e. The molecule has 1 N–H and O–H groups in total. The van der Waals surface area contributed by atoms with Gasteiger partial charge in [0, 0.05) is 18.1 Å². The van der Waals surface area contributed by atoms with Gasteiger partial charge < -0.3 is 9.73 Å². The Hall–Kier alpha value is -1.63. The quantitative estimate of drug-likeness (QED) is 0.687. The summed E-state index contributed by atoms with van der Waals surface area (Å²) in [5.41, 5.74) is 1.78. The first-order chi connectivity index (χ1) is 9.79. The Morgan fingerprint density at radius 2 is 2.15 bits per heavy atom. The highest BCUT2D eigenvalue weighted by molar-refractivity contribution is 14.1. The molecule has 0 aliphatic heterocycles. The average Bonchev–Trinajstić information content (AvgIpc) is 2.90. The Morgan fingerprint density at radius 1 is 1.30 bits per heavy atom. The topological polar surface area (TPSA) is 51.0 Å². The van der Waals surface area contributed by atoms with Gasteiger partial charge in [-0.05, 0) is 35.1 Å². The number of furan rings is 1. The van der Waals surface area contributed by atoms with Crippen molar-refractivity contribution in [2.75, 3.05) is 11.9 Å². The fraction of sp³-hybridized carbons (Fsp3) is 0.200. The van der Waals surface area contributed by atoms with Crippen molar-refractivity contribution in [1.82, 2.24) is 9.97 Å². The maximum absolute atomic E-state index is 5.55. The lowest BCUT2D eigenvalue weighted by Crippen LogP contribution is -2.05. The minimum atomic E-state index is 0.689. The summed E-state index contributed by atoms with van der Waals surface area (Å²) in [6.45, 7) is 3.03. The number of nitrogens with one attached hydrogen (secondary N) is 1. The molecular weight excluding hydrogens is 365 g/mol. The molecule has 0 fully saturated rings. The van der Waals surface area contributed by atoms with Crippen molar-refractivity contribution in [3.05, 3.63) is 40.3 Å². The Morgan fingerprint density at radius 3 is 3.00 bits per heavy atom. The van der Waals surface area contributed by atoms with Crippen molar-refractivity contribution < 1.29 is 4.42 Å². The van der Waals surface area contributed by atoms with E-state index in [9.17, 15) is 0 Å². The van der Waals surface area contributed by atoms with Gasteiger partial charge in [0.05, 0.1) is 9.13 Å². The lowest BCUT2D eigenvalue weighted by molar-refractivity contribution is 0.616. The Balaban J connectivity index is 2.05. The van der Waals surface area contributed by atoms with Gasteiger partial charge in [-0.3, -0.25) is 0 Å². The van der Waals surface area contributed by atoms with Gasteiger partial charge in [0.25, 0.3) is 0 Å². The maximum atomic E-state index is 5.55. The zero-order chi connectivity index (χ0) is 13.9. The fourth-order valence-corrected chi connectivity index (χ4v) is 2.47. The Labute approximate surface area is 130 Å². The van der Waals surface area contributed by atoms with E-state index in [0.29, 0.717) is 5.82 Å². The standard InChI is InChI=1S/C15H14IN3O/c1-2-7-17-15-12(16)8-18-14(19-15)11-9-20-13-6-4-3-5-10(11)13/h3-6,8-9H,2,7H2,1H3,(H,17,18,19). The molecule has 0 atom stereocenters. The fourth-order valence-electron chi connectivity index (χ4n) is 2.02. The molecule has 3 aromatic rings. The van der Waals surface area contributed by atoms with E-state index < -0.39 is 0 Å². The van der Waals surface area contributed by atoms with Gasteiger partial charge in [0.2, 0.25) is 0 Å². The SMILES string of the molecule is CCCNc1nc(-c2coc3ccccc23)ncc1I. The highest BCUT2D eigenvalue weighted by Crippen LogP contribution is 2.29. The van der Waals surface area contributed by atoms with Crippen LogP contribution in [0, 0.1) is 3.57 Å². The van der Waals surface area contributed by atoms with E-state index in [4.69, 9.17) is 4.42 Å². The molecule has 0 saturated carbocycles. The summed E-state index contributed by atoms with van der Waals surface area (Å²) in [7, 11) is 0. The van der Waals surface area contributed by atoms with Crippen molar-refractivity contribution in [3.63, 3.8) is 0 Å². The molecule has 0 bridgehead atoms. The molecule has 5 heteroatoms. The second-order valence-corrected chi connectivity index (χ2v) is 5.62. The molecule has 2 aromatic heterocycles. The summed E-state index contributed by atoms with van der Waals surface area (Å²) < 4.78 is 6.57. The van der Waals surface area contributed by atoms with E-state index in [-0.39, 0.29) is 0 Å². The van der Waals surface area contributed by atoms with Crippen molar-refractivity contribution >= 4 is 39.4 Å². The number of nitrogens with zero attached hydrogens (tertiary/aromatic N) is 2. The lowest BCUT2D eigenvalue weighted by atomic mass is 10.1. The van der Waals surface area contributed by atoms with Crippen molar-refractivity contribution in [2.24, 2.45) is 0 Å². The second kappa shape index (κ2) is 5.78. The summed E-state index contributed by atoms with van der Waals surface area (Å²) in [5.74, 6) is 1.57. The van der Waals surface area contributed by atoms with Gasteiger partial charge in [0.1, 0.15) is 17.7 Å². The normalized spacial score (nSPS) is 10.9. The number of anilines is 1. The number of para-hydroxylation sites is 1. The predicted octanol–water partition coefficient (Wildman–Crippen LogP) is 4.32.